The van der Waals surface area contributed by atoms with Gasteiger partial charge in [0.05, 0.1) is 12.2 Å². The van der Waals surface area contributed by atoms with Crippen molar-refractivity contribution in [2.24, 2.45) is 12.9 Å². The maximum absolute atomic E-state index is 11.7. The van der Waals surface area contributed by atoms with Gasteiger partial charge < -0.3 is 9.13 Å². The molecule has 0 saturated carbocycles. The number of hydrazine groups is 1. The van der Waals surface area contributed by atoms with Crippen LogP contribution in [0.25, 0.3) is 0 Å². The Morgan fingerprint density at radius 1 is 1.42 bits per heavy atom. The summed E-state index contributed by atoms with van der Waals surface area (Å²) in [5.74, 6) is 4.50. The SMILES string of the molecule is Cn1ccn(Cc2csc(C(=O)NN)n2)c(=O)c1=O. The molecule has 0 unspecified atom stereocenters. The molecule has 2 heterocycles. The lowest BCUT2D eigenvalue weighted by Gasteiger charge is -2.03. The molecule has 2 rings (SSSR count). The second-order valence-corrected chi connectivity index (χ2v) is 4.62. The van der Waals surface area contributed by atoms with Gasteiger partial charge in [-0.15, -0.1) is 11.3 Å². The van der Waals surface area contributed by atoms with E-state index in [4.69, 9.17) is 5.84 Å². The first kappa shape index (κ1) is 13.2. The standard InChI is InChI=1S/C10H11N5O3S/c1-14-2-3-15(10(18)9(14)17)4-6-5-19-8(12-6)7(16)13-11/h2-3,5H,4,11H2,1H3,(H,13,16). The van der Waals surface area contributed by atoms with Crippen LogP contribution in [0.5, 0.6) is 0 Å². The van der Waals surface area contributed by atoms with E-state index in [1.54, 1.807) is 5.38 Å². The van der Waals surface area contributed by atoms with E-state index < -0.39 is 17.0 Å². The predicted octanol–water partition coefficient (Wildman–Crippen LogP) is -1.34. The zero-order valence-corrected chi connectivity index (χ0v) is 10.8. The minimum Gasteiger partial charge on any atom is -0.312 e. The summed E-state index contributed by atoms with van der Waals surface area (Å²) >= 11 is 1.11. The van der Waals surface area contributed by atoms with Crippen LogP contribution in [0.15, 0.2) is 27.4 Å². The Morgan fingerprint density at radius 3 is 2.84 bits per heavy atom. The number of rotatable bonds is 3. The smallest absolute Gasteiger partial charge is 0.312 e. The minimum atomic E-state index is -0.636. The number of hydrogen-bond acceptors (Lipinski definition) is 6. The van der Waals surface area contributed by atoms with Crippen LogP contribution in [0, 0.1) is 0 Å². The van der Waals surface area contributed by atoms with E-state index in [1.165, 1.54) is 28.6 Å². The first-order valence-corrected chi connectivity index (χ1v) is 6.12. The molecule has 0 saturated heterocycles. The van der Waals surface area contributed by atoms with Crippen molar-refractivity contribution in [2.45, 2.75) is 6.54 Å². The highest BCUT2D eigenvalue weighted by atomic mass is 32.1. The van der Waals surface area contributed by atoms with Crippen molar-refractivity contribution in [2.75, 3.05) is 0 Å². The molecule has 8 nitrogen and oxygen atoms in total. The van der Waals surface area contributed by atoms with E-state index in [1.807, 2.05) is 5.43 Å². The first-order valence-electron chi connectivity index (χ1n) is 5.24. The number of carbonyl (C=O) groups is 1. The average Bonchev–Trinajstić information content (AvgIpc) is 2.87. The Labute approximate surface area is 111 Å². The molecular formula is C10H11N5O3S. The van der Waals surface area contributed by atoms with Crippen molar-refractivity contribution in [3.8, 4) is 0 Å². The van der Waals surface area contributed by atoms with Gasteiger partial charge in [-0.25, -0.2) is 10.8 Å². The molecule has 0 aliphatic carbocycles. The Bertz CT molecular complexity index is 729. The number of nitrogens with two attached hydrogens (primary N) is 1. The molecule has 0 aliphatic heterocycles. The summed E-state index contributed by atoms with van der Waals surface area (Å²) in [6.45, 7) is 0.128. The van der Waals surface area contributed by atoms with Crippen LogP contribution in [0.4, 0.5) is 0 Å². The van der Waals surface area contributed by atoms with Gasteiger partial charge in [-0.2, -0.15) is 0 Å². The molecule has 2 aromatic rings. The number of aromatic nitrogens is 3. The van der Waals surface area contributed by atoms with Crippen LogP contribution in [-0.2, 0) is 13.6 Å². The van der Waals surface area contributed by atoms with Crippen LogP contribution in [0.1, 0.15) is 15.5 Å². The van der Waals surface area contributed by atoms with E-state index in [0.717, 1.165) is 11.3 Å². The Kier molecular flexibility index (Phi) is 3.58. The van der Waals surface area contributed by atoms with Gasteiger partial charge in [-0.3, -0.25) is 19.8 Å². The maximum Gasteiger partial charge on any atom is 0.316 e. The van der Waals surface area contributed by atoms with Crippen LogP contribution < -0.4 is 22.4 Å². The summed E-state index contributed by atoms with van der Waals surface area (Å²) in [7, 11) is 1.50. The lowest BCUT2D eigenvalue weighted by molar-refractivity contribution is 0.0953. The van der Waals surface area contributed by atoms with Gasteiger partial charge >= 0.3 is 11.1 Å². The second-order valence-electron chi connectivity index (χ2n) is 3.76. The molecular weight excluding hydrogens is 270 g/mol. The molecule has 19 heavy (non-hydrogen) atoms. The van der Waals surface area contributed by atoms with E-state index in [9.17, 15) is 14.4 Å². The van der Waals surface area contributed by atoms with Crippen molar-refractivity contribution in [3.05, 3.63) is 49.2 Å². The highest BCUT2D eigenvalue weighted by Gasteiger charge is 2.10. The van der Waals surface area contributed by atoms with Crippen molar-refractivity contribution in [3.63, 3.8) is 0 Å². The molecule has 100 valence electrons. The van der Waals surface area contributed by atoms with Crippen molar-refractivity contribution in [1.82, 2.24) is 19.5 Å². The summed E-state index contributed by atoms with van der Waals surface area (Å²) < 4.78 is 2.44. The Balaban J connectivity index is 2.30. The molecule has 0 spiro atoms. The third-order valence-electron chi connectivity index (χ3n) is 2.44. The molecule has 0 radical (unpaired) electrons. The maximum atomic E-state index is 11.7. The van der Waals surface area contributed by atoms with Gasteiger partial charge in [0, 0.05) is 24.8 Å². The predicted molar refractivity (Wildman–Crippen MR) is 68.8 cm³/mol. The van der Waals surface area contributed by atoms with E-state index in [2.05, 4.69) is 4.98 Å². The van der Waals surface area contributed by atoms with E-state index in [-0.39, 0.29) is 11.6 Å². The molecule has 0 aromatic carbocycles. The zero-order chi connectivity index (χ0) is 14.0. The van der Waals surface area contributed by atoms with Gasteiger partial charge in [0.15, 0.2) is 5.01 Å². The molecule has 3 N–H and O–H groups in total. The average molecular weight is 281 g/mol. The minimum absolute atomic E-state index is 0.128. The highest BCUT2D eigenvalue weighted by molar-refractivity contribution is 7.11. The summed E-state index contributed by atoms with van der Waals surface area (Å²) in [5.41, 5.74) is 1.24. The summed E-state index contributed by atoms with van der Waals surface area (Å²) in [6, 6.07) is 0. The quantitative estimate of drug-likeness (QED) is 0.313. The van der Waals surface area contributed by atoms with Crippen molar-refractivity contribution < 1.29 is 4.79 Å². The van der Waals surface area contributed by atoms with E-state index >= 15 is 0 Å². The monoisotopic (exact) mass is 281 g/mol. The molecule has 0 atom stereocenters. The van der Waals surface area contributed by atoms with Crippen molar-refractivity contribution in [1.29, 1.82) is 0 Å². The molecule has 0 aliphatic rings. The second kappa shape index (κ2) is 5.16. The fourth-order valence-corrected chi connectivity index (χ4v) is 2.15. The summed E-state index contributed by atoms with van der Waals surface area (Å²) in [4.78, 5) is 38.4. The zero-order valence-electron chi connectivity index (χ0n) is 9.99. The number of hydrogen-bond donors (Lipinski definition) is 2. The van der Waals surface area contributed by atoms with Crippen molar-refractivity contribution >= 4 is 17.2 Å². The number of amides is 1. The largest absolute Gasteiger partial charge is 0.316 e. The molecule has 1 amide bonds. The van der Waals surface area contributed by atoms with Crippen LogP contribution >= 0.6 is 11.3 Å². The third-order valence-corrected chi connectivity index (χ3v) is 3.33. The van der Waals surface area contributed by atoms with Gasteiger partial charge in [0.2, 0.25) is 0 Å². The normalized spacial score (nSPS) is 10.4. The number of thiazole rings is 1. The lowest BCUT2D eigenvalue weighted by Crippen LogP contribution is -2.39. The molecule has 0 fully saturated rings. The van der Waals surface area contributed by atoms with Crippen LogP contribution in [0.2, 0.25) is 0 Å². The topological polar surface area (TPSA) is 112 Å². The highest BCUT2D eigenvalue weighted by Crippen LogP contribution is 2.09. The Morgan fingerprint density at radius 2 is 2.16 bits per heavy atom. The fourth-order valence-electron chi connectivity index (χ4n) is 1.43. The van der Waals surface area contributed by atoms with Gasteiger partial charge in [0.25, 0.3) is 5.91 Å². The summed E-state index contributed by atoms with van der Waals surface area (Å²) in [5, 5.41) is 1.84. The van der Waals surface area contributed by atoms with Gasteiger partial charge in [0.1, 0.15) is 0 Å². The van der Waals surface area contributed by atoms with Crippen LogP contribution in [0.3, 0.4) is 0 Å². The lowest BCUT2D eigenvalue weighted by atomic mass is 10.4. The van der Waals surface area contributed by atoms with Gasteiger partial charge in [-0.1, -0.05) is 0 Å². The number of aryl methyl sites for hydroxylation is 1. The molecule has 2 aromatic heterocycles. The third kappa shape index (κ3) is 2.61. The molecule has 9 heteroatoms. The first-order chi connectivity index (χ1) is 9.02. The van der Waals surface area contributed by atoms with Crippen LogP contribution in [-0.4, -0.2) is 20.0 Å². The Hall–Kier alpha value is -2.26. The number of carbonyl (C=O) groups excluding carboxylic acids is 1. The molecule has 0 bridgehead atoms. The fraction of sp³-hybridized carbons (Fsp3) is 0.200. The number of nitrogens with one attached hydrogen (secondary N) is 1. The number of nitrogens with zero attached hydrogens (tertiary/aromatic N) is 3. The van der Waals surface area contributed by atoms with E-state index in [0.29, 0.717) is 5.69 Å². The summed E-state index contributed by atoms with van der Waals surface area (Å²) in [6.07, 6.45) is 2.98. The van der Waals surface area contributed by atoms with Gasteiger partial charge in [-0.05, 0) is 0 Å². The number of nitrogen functional groups attached to an aromatic ring is 1.